The van der Waals surface area contributed by atoms with Crippen LogP contribution in [-0.4, -0.2) is 26.3 Å². The zero-order valence-electron chi connectivity index (χ0n) is 9.95. The third-order valence-corrected chi connectivity index (χ3v) is 3.51. The summed E-state index contributed by atoms with van der Waals surface area (Å²) in [5.74, 6) is 0. The van der Waals surface area contributed by atoms with Gasteiger partial charge in [0.15, 0.2) is 0 Å². The van der Waals surface area contributed by atoms with E-state index in [1.54, 1.807) is 0 Å². The van der Waals surface area contributed by atoms with Crippen molar-refractivity contribution in [2.45, 2.75) is 0 Å². The van der Waals surface area contributed by atoms with Crippen LogP contribution in [0.3, 0.4) is 0 Å². The van der Waals surface area contributed by atoms with Gasteiger partial charge < -0.3 is 3.55 Å². The second-order valence-corrected chi connectivity index (χ2v) is 4.81. The molecular weight excluding hydrogens is 235 g/mol. The molecule has 0 atom stereocenters. The Morgan fingerprint density at radius 3 is 2.50 bits per heavy atom. The Bertz CT molecular complexity index is 634. The van der Waals surface area contributed by atoms with Crippen molar-refractivity contribution in [2.24, 2.45) is 4.99 Å². The number of allylic oxidation sites excluding steroid dienone is 2. The van der Waals surface area contributed by atoms with Crippen LogP contribution in [0.5, 0.6) is 0 Å². The third kappa shape index (κ3) is 1.99. The van der Waals surface area contributed by atoms with Crippen molar-refractivity contribution < 1.29 is 0 Å². The van der Waals surface area contributed by atoms with Crippen LogP contribution < -0.4 is 0 Å². The normalized spacial score (nSPS) is 16.2. The molecule has 0 amide bonds. The Labute approximate surface area is 115 Å². The number of hydrogen-bond acceptors (Lipinski definition) is 1. The fourth-order valence-corrected chi connectivity index (χ4v) is 2.51. The first-order valence-electron chi connectivity index (χ1n) is 5.85. The lowest BCUT2D eigenvalue weighted by Crippen LogP contribution is -1.99. The highest BCUT2D eigenvalue weighted by molar-refractivity contribution is 6.08. The van der Waals surface area contributed by atoms with Crippen LogP contribution in [0.15, 0.2) is 71.5 Å². The average molecular weight is 247 g/mol. The lowest BCUT2D eigenvalue weighted by Gasteiger charge is -2.12. The number of aromatic nitrogens is 1. The summed E-state index contributed by atoms with van der Waals surface area (Å²) in [6.45, 7) is 0. The first-order valence-corrected chi connectivity index (χ1v) is 6.48. The summed E-state index contributed by atoms with van der Waals surface area (Å²) in [4.78, 5) is 4.44. The molecule has 1 aliphatic heterocycles. The van der Waals surface area contributed by atoms with Gasteiger partial charge in [-0.05, 0) is 36.0 Å². The molecule has 0 N–H and O–H groups in total. The van der Waals surface area contributed by atoms with Crippen LogP contribution in [0.2, 0.25) is 0 Å². The maximum atomic E-state index is 4.44. The van der Waals surface area contributed by atoms with Crippen molar-refractivity contribution in [3.63, 3.8) is 0 Å². The Morgan fingerprint density at radius 1 is 1.06 bits per heavy atom. The van der Waals surface area contributed by atoms with E-state index in [0.717, 1.165) is 5.70 Å². The summed E-state index contributed by atoms with van der Waals surface area (Å²) in [7, 11) is 0. The molecule has 0 fully saturated rings. The number of hydrogen-bond donors (Lipinski definition) is 0. The predicted molar refractivity (Wildman–Crippen MR) is 77.1 cm³/mol. The standard InChI is InChI=1S/C15H11N2.Al.H/c1-2-6-12(7-3-1)15(13-8-4-10-16-13)14-9-5-11-17-14;;/h1-11H;;/q-1;+1;. The fourth-order valence-electron chi connectivity index (χ4n) is 2.12. The molecular formula is C15H12AlN2. The molecule has 3 heteroatoms. The first-order chi connectivity index (χ1) is 8.86. The van der Waals surface area contributed by atoms with Crippen molar-refractivity contribution in [1.82, 2.24) is 3.55 Å². The molecule has 0 aliphatic carbocycles. The Kier molecular flexibility index (Phi) is 3.02. The fraction of sp³-hybridized carbons (Fsp3) is 0. The summed E-state index contributed by atoms with van der Waals surface area (Å²) < 4.78 is 2.15. The van der Waals surface area contributed by atoms with E-state index in [9.17, 15) is 0 Å². The van der Waals surface area contributed by atoms with Gasteiger partial charge in [-0.15, -0.1) is 0 Å². The highest BCUT2D eigenvalue weighted by atomic mass is 27.1. The first kappa shape index (κ1) is 11.3. The molecule has 85 valence electrons. The molecule has 0 spiro atoms. The van der Waals surface area contributed by atoms with Crippen LogP contribution in [0.25, 0.3) is 5.57 Å². The molecule has 18 heavy (non-hydrogen) atoms. The van der Waals surface area contributed by atoms with Gasteiger partial charge in [-0.2, -0.15) is 0 Å². The highest BCUT2D eigenvalue weighted by Gasteiger charge is 2.12. The minimum atomic E-state index is 1.02. The van der Waals surface area contributed by atoms with Gasteiger partial charge >= 0.3 is 16.5 Å². The summed E-state index contributed by atoms with van der Waals surface area (Å²) in [5, 5.41) is 0. The summed E-state index contributed by atoms with van der Waals surface area (Å²) in [6.07, 6.45) is 7.94. The van der Waals surface area contributed by atoms with E-state index in [1.807, 2.05) is 34.9 Å². The predicted octanol–water partition coefficient (Wildman–Crippen LogP) is 2.55. The maximum absolute atomic E-state index is 4.44. The quantitative estimate of drug-likeness (QED) is 0.726. The van der Waals surface area contributed by atoms with Crippen LogP contribution in [0.1, 0.15) is 11.3 Å². The third-order valence-electron chi connectivity index (χ3n) is 2.96. The molecule has 2 heterocycles. The van der Waals surface area contributed by atoms with Crippen molar-refractivity contribution in [3.8, 4) is 0 Å². The van der Waals surface area contributed by atoms with Crippen molar-refractivity contribution in [1.29, 1.82) is 0 Å². The highest BCUT2D eigenvalue weighted by Crippen LogP contribution is 2.29. The van der Waals surface area contributed by atoms with E-state index in [1.165, 1.54) is 16.8 Å². The largest absolute Gasteiger partial charge is 0.451 e. The van der Waals surface area contributed by atoms with Gasteiger partial charge in [-0.1, -0.05) is 30.3 Å². The van der Waals surface area contributed by atoms with Gasteiger partial charge in [-0.25, -0.2) is 0 Å². The smallest absolute Gasteiger partial charge is 0.348 e. The minimum Gasteiger partial charge on any atom is -0.451 e. The van der Waals surface area contributed by atoms with Gasteiger partial charge in [0.05, 0.1) is 5.70 Å². The second kappa shape index (κ2) is 4.82. The van der Waals surface area contributed by atoms with Crippen molar-refractivity contribution in [3.05, 3.63) is 77.8 Å². The van der Waals surface area contributed by atoms with Gasteiger partial charge in [0.25, 0.3) is 0 Å². The molecule has 1 aromatic carbocycles. The summed E-state index contributed by atoms with van der Waals surface area (Å²) in [5.41, 5.74) is 4.59. The molecule has 0 bridgehead atoms. The number of benzene rings is 1. The Balaban J connectivity index is 2.24. The minimum absolute atomic E-state index is 1.02. The molecule has 0 saturated carbocycles. The van der Waals surface area contributed by atoms with Crippen LogP contribution in [0, 0.1) is 0 Å². The molecule has 1 aliphatic rings. The molecule has 0 saturated heterocycles. The van der Waals surface area contributed by atoms with Crippen LogP contribution in [0.4, 0.5) is 0 Å². The Morgan fingerprint density at radius 2 is 1.89 bits per heavy atom. The molecule has 1 aromatic heterocycles. The maximum Gasteiger partial charge on any atom is 0.348 e. The molecule has 1 radical (unpaired) electrons. The topological polar surface area (TPSA) is 17.3 Å². The van der Waals surface area contributed by atoms with Crippen LogP contribution in [-0.2, 0) is 0 Å². The van der Waals surface area contributed by atoms with Crippen molar-refractivity contribution in [2.75, 3.05) is 0 Å². The van der Waals surface area contributed by atoms with Gasteiger partial charge in [-0.3, -0.25) is 4.99 Å². The lowest BCUT2D eigenvalue weighted by molar-refractivity contribution is 1.21. The summed E-state index contributed by atoms with van der Waals surface area (Å²) in [6, 6.07) is 14.6. The van der Waals surface area contributed by atoms with E-state index in [4.69, 9.17) is 0 Å². The second-order valence-electron chi connectivity index (χ2n) is 4.13. The van der Waals surface area contributed by atoms with E-state index in [0.29, 0.717) is 0 Å². The molecule has 2 aromatic rings. The summed E-state index contributed by atoms with van der Waals surface area (Å²) >= 11 is 1.84. The van der Waals surface area contributed by atoms with E-state index in [-0.39, 0.29) is 0 Å². The molecule has 0 unspecified atom stereocenters. The lowest BCUT2D eigenvalue weighted by atomic mass is 10.0. The van der Waals surface area contributed by atoms with E-state index >= 15 is 0 Å². The zero-order chi connectivity index (χ0) is 12.4. The Hall–Kier alpha value is -1.82. The van der Waals surface area contributed by atoms with Crippen LogP contribution >= 0.6 is 0 Å². The van der Waals surface area contributed by atoms with Gasteiger partial charge in [0, 0.05) is 17.5 Å². The molecule has 3 rings (SSSR count). The zero-order valence-corrected chi connectivity index (χ0v) is 11.4. The van der Waals surface area contributed by atoms with Gasteiger partial charge in [0.1, 0.15) is 0 Å². The SMILES string of the molecule is [AlH][n]1cccc1C(=C1C=CC=N1)c1ccccc1. The monoisotopic (exact) mass is 247 g/mol. The van der Waals surface area contributed by atoms with Crippen molar-refractivity contribution >= 4 is 28.3 Å². The average Bonchev–Trinajstić information content (AvgIpc) is 3.05. The van der Waals surface area contributed by atoms with E-state index < -0.39 is 0 Å². The molecule has 2 nitrogen and oxygen atoms in total. The van der Waals surface area contributed by atoms with E-state index in [2.05, 4.69) is 57.2 Å². The number of nitrogens with zero attached hydrogens (tertiary/aromatic N) is 2. The number of rotatable bonds is 2. The van der Waals surface area contributed by atoms with Gasteiger partial charge in [0.2, 0.25) is 0 Å². The number of aliphatic imine (C=N–C) groups is 1.